The Bertz CT molecular complexity index is 1330. The van der Waals surface area contributed by atoms with Crippen molar-refractivity contribution in [3.63, 3.8) is 0 Å². The van der Waals surface area contributed by atoms with Crippen LogP contribution in [-0.2, 0) is 28.9 Å². The summed E-state index contributed by atoms with van der Waals surface area (Å²) in [4.78, 5) is 23.5. The number of ether oxygens (including phenoxy) is 2. The fourth-order valence-corrected chi connectivity index (χ4v) is 5.83. The lowest BCUT2D eigenvalue weighted by Gasteiger charge is -2.37. The summed E-state index contributed by atoms with van der Waals surface area (Å²) < 4.78 is 66.9. The SMILES string of the molecule is C=C(C)C(=O)Oc1ccc(C(c2ccccc2)(c2ccccc2)S(=O)(=O)C(F)(F)COC(=O)CC)cc1. The maximum absolute atomic E-state index is 15.6. The molecule has 3 aromatic carbocycles. The third kappa shape index (κ3) is 5.32. The lowest BCUT2D eigenvalue weighted by Crippen LogP contribution is -2.49. The van der Waals surface area contributed by atoms with E-state index >= 15 is 8.78 Å². The van der Waals surface area contributed by atoms with Crippen LogP contribution in [0.3, 0.4) is 0 Å². The van der Waals surface area contributed by atoms with Gasteiger partial charge in [-0.25, -0.2) is 13.2 Å². The molecule has 0 atom stereocenters. The Kier molecular flexibility index (Phi) is 8.28. The Morgan fingerprint density at radius 2 is 1.30 bits per heavy atom. The van der Waals surface area contributed by atoms with E-state index in [2.05, 4.69) is 11.3 Å². The molecule has 0 amide bonds. The maximum atomic E-state index is 15.6. The molecule has 0 aliphatic carbocycles. The number of alkyl halides is 2. The van der Waals surface area contributed by atoms with Gasteiger partial charge < -0.3 is 9.47 Å². The van der Waals surface area contributed by atoms with Gasteiger partial charge in [0.15, 0.2) is 11.4 Å². The lowest BCUT2D eigenvalue weighted by molar-refractivity contribution is -0.149. The van der Waals surface area contributed by atoms with Gasteiger partial charge in [0.1, 0.15) is 5.75 Å². The molecular formula is C28H26F2O6S. The topological polar surface area (TPSA) is 86.7 Å². The minimum absolute atomic E-state index is 0.0264. The van der Waals surface area contributed by atoms with E-state index in [1.807, 2.05) is 0 Å². The van der Waals surface area contributed by atoms with Crippen molar-refractivity contribution >= 4 is 21.8 Å². The minimum Gasteiger partial charge on any atom is -0.458 e. The number of benzene rings is 3. The standard InChI is InChI=1S/C28H26F2O6S/c1-4-25(31)35-19-27(29,30)37(33,34)28(21-11-7-5-8-12-21,22-13-9-6-10-14-22)23-15-17-24(18-16-23)36-26(32)20(2)3/h5-18H,2,4,19H2,1,3H3. The number of sulfone groups is 1. The van der Waals surface area contributed by atoms with Crippen LogP contribution in [0.2, 0.25) is 0 Å². The number of halogens is 2. The van der Waals surface area contributed by atoms with Gasteiger partial charge in [0, 0.05) is 12.0 Å². The predicted molar refractivity (Wildman–Crippen MR) is 135 cm³/mol. The van der Waals surface area contributed by atoms with Crippen LogP contribution in [0.25, 0.3) is 0 Å². The van der Waals surface area contributed by atoms with Crippen molar-refractivity contribution in [2.75, 3.05) is 6.61 Å². The zero-order chi connectivity index (χ0) is 27.3. The first-order chi connectivity index (χ1) is 17.5. The fraction of sp³-hybridized carbons (Fsp3) is 0.214. The van der Waals surface area contributed by atoms with Crippen molar-refractivity contribution in [3.05, 3.63) is 114 Å². The van der Waals surface area contributed by atoms with Crippen LogP contribution in [0.5, 0.6) is 5.75 Å². The van der Waals surface area contributed by atoms with Crippen LogP contribution in [0, 0.1) is 0 Å². The molecule has 3 aromatic rings. The van der Waals surface area contributed by atoms with E-state index in [-0.39, 0.29) is 34.4 Å². The predicted octanol–water partition coefficient (Wildman–Crippen LogP) is 5.42. The molecule has 0 N–H and O–H groups in total. The van der Waals surface area contributed by atoms with Crippen molar-refractivity contribution in [2.24, 2.45) is 0 Å². The normalized spacial score (nSPS) is 12.0. The van der Waals surface area contributed by atoms with Gasteiger partial charge >= 0.3 is 17.2 Å². The molecule has 0 heterocycles. The number of carbonyl (C=O) groups is 2. The summed E-state index contributed by atoms with van der Waals surface area (Å²) in [5.74, 6) is -1.57. The van der Waals surface area contributed by atoms with Gasteiger partial charge in [-0.2, -0.15) is 8.78 Å². The number of hydrogen-bond acceptors (Lipinski definition) is 6. The summed E-state index contributed by atoms with van der Waals surface area (Å²) in [5.41, 5.74) is 0.223. The van der Waals surface area contributed by atoms with E-state index in [1.54, 1.807) is 36.4 Å². The highest BCUT2D eigenvalue weighted by Gasteiger charge is 2.61. The monoisotopic (exact) mass is 528 g/mol. The second kappa shape index (κ2) is 11.0. The molecule has 0 saturated carbocycles. The van der Waals surface area contributed by atoms with Gasteiger partial charge in [0.25, 0.3) is 0 Å². The number of esters is 2. The smallest absolute Gasteiger partial charge is 0.380 e. The first-order valence-electron chi connectivity index (χ1n) is 11.3. The van der Waals surface area contributed by atoms with Crippen LogP contribution < -0.4 is 4.74 Å². The van der Waals surface area contributed by atoms with E-state index in [0.29, 0.717) is 0 Å². The van der Waals surface area contributed by atoms with Crippen LogP contribution in [-0.4, -0.2) is 32.2 Å². The van der Waals surface area contributed by atoms with Gasteiger partial charge in [-0.3, -0.25) is 4.79 Å². The van der Waals surface area contributed by atoms with Gasteiger partial charge in [0.2, 0.25) is 9.84 Å². The molecule has 0 aromatic heterocycles. The molecule has 6 nitrogen and oxygen atoms in total. The van der Waals surface area contributed by atoms with Crippen molar-refractivity contribution < 1.29 is 36.3 Å². The van der Waals surface area contributed by atoms with Gasteiger partial charge in [-0.05, 0) is 35.7 Å². The third-order valence-electron chi connectivity index (χ3n) is 5.67. The summed E-state index contributed by atoms with van der Waals surface area (Å²) in [6, 6.07) is 20.5. The Hall–Kier alpha value is -3.85. The van der Waals surface area contributed by atoms with Crippen LogP contribution in [0.1, 0.15) is 37.0 Å². The molecule has 0 radical (unpaired) electrons. The molecular weight excluding hydrogens is 502 g/mol. The van der Waals surface area contributed by atoms with Gasteiger partial charge in [0.05, 0.1) is 0 Å². The van der Waals surface area contributed by atoms with Crippen LogP contribution in [0.4, 0.5) is 8.78 Å². The minimum atomic E-state index is -5.51. The molecule has 0 unspecified atom stereocenters. The highest BCUT2D eigenvalue weighted by atomic mass is 32.2. The Labute approximate surface area is 214 Å². The zero-order valence-corrected chi connectivity index (χ0v) is 21.1. The average Bonchev–Trinajstić information content (AvgIpc) is 2.89. The molecule has 9 heteroatoms. The Morgan fingerprint density at radius 1 is 0.838 bits per heavy atom. The van der Waals surface area contributed by atoms with Crippen molar-refractivity contribution in [1.82, 2.24) is 0 Å². The first kappa shape index (κ1) is 27.7. The van der Waals surface area contributed by atoms with Crippen molar-refractivity contribution in [3.8, 4) is 5.75 Å². The molecule has 0 bridgehead atoms. The Balaban J connectivity index is 2.31. The van der Waals surface area contributed by atoms with Gasteiger partial charge in [-0.15, -0.1) is 0 Å². The van der Waals surface area contributed by atoms with E-state index in [0.717, 1.165) is 0 Å². The van der Waals surface area contributed by atoms with Crippen LogP contribution >= 0.6 is 0 Å². The Morgan fingerprint density at radius 3 is 1.73 bits per heavy atom. The second-order valence-electron chi connectivity index (χ2n) is 8.26. The molecule has 0 aliphatic rings. The molecule has 37 heavy (non-hydrogen) atoms. The fourth-order valence-electron chi connectivity index (χ4n) is 3.83. The van der Waals surface area contributed by atoms with E-state index in [9.17, 15) is 18.0 Å². The van der Waals surface area contributed by atoms with Gasteiger partial charge in [-0.1, -0.05) is 86.3 Å². The summed E-state index contributed by atoms with van der Waals surface area (Å²) in [5, 5.41) is -4.46. The molecule has 0 saturated heterocycles. The van der Waals surface area contributed by atoms with Crippen LogP contribution in [0.15, 0.2) is 97.1 Å². The molecule has 0 spiro atoms. The molecule has 0 aliphatic heterocycles. The van der Waals surface area contributed by atoms with Crippen molar-refractivity contribution in [2.45, 2.75) is 30.3 Å². The number of hydrogen-bond donors (Lipinski definition) is 0. The molecule has 0 fully saturated rings. The number of rotatable bonds is 10. The first-order valence-corrected chi connectivity index (χ1v) is 12.8. The highest BCUT2D eigenvalue weighted by molar-refractivity contribution is 7.93. The average molecular weight is 529 g/mol. The number of carbonyl (C=O) groups excluding carboxylic acids is 2. The third-order valence-corrected chi connectivity index (χ3v) is 8.08. The summed E-state index contributed by atoms with van der Waals surface area (Å²) >= 11 is 0. The van der Waals surface area contributed by atoms with E-state index in [1.165, 1.54) is 62.4 Å². The summed E-state index contributed by atoms with van der Waals surface area (Å²) in [7, 11) is -5.51. The second-order valence-corrected chi connectivity index (χ2v) is 10.5. The van der Waals surface area contributed by atoms with E-state index in [4.69, 9.17) is 4.74 Å². The van der Waals surface area contributed by atoms with E-state index < -0.39 is 38.4 Å². The molecule has 194 valence electrons. The molecule has 3 rings (SSSR count). The maximum Gasteiger partial charge on any atom is 0.380 e. The zero-order valence-electron chi connectivity index (χ0n) is 20.3. The quantitative estimate of drug-likeness (QED) is 0.151. The largest absolute Gasteiger partial charge is 0.458 e. The lowest BCUT2D eigenvalue weighted by atomic mass is 9.84. The summed E-state index contributed by atoms with van der Waals surface area (Å²) in [6.45, 7) is 4.75. The van der Waals surface area contributed by atoms with Crippen molar-refractivity contribution in [1.29, 1.82) is 0 Å². The summed E-state index contributed by atoms with van der Waals surface area (Å²) in [6.07, 6.45) is -0.191. The highest BCUT2D eigenvalue weighted by Crippen LogP contribution is 2.49.